The Morgan fingerprint density at radius 1 is 1.12 bits per heavy atom. The molecule has 94 valence electrons. The minimum absolute atomic E-state index is 0.242. The normalized spacial score (nSPS) is 30.9. The summed E-state index contributed by atoms with van der Waals surface area (Å²) in [7, 11) is 0. The van der Waals surface area contributed by atoms with Crippen molar-refractivity contribution in [1.82, 2.24) is 5.32 Å². The maximum absolute atomic E-state index is 6.18. The van der Waals surface area contributed by atoms with E-state index in [4.69, 9.17) is 4.74 Å². The summed E-state index contributed by atoms with van der Waals surface area (Å²) in [6.07, 6.45) is 12.1. The van der Waals surface area contributed by atoms with E-state index < -0.39 is 0 Å². The lowest BCUT2D eigenvalue weighted by Gasteiger charge is -2.42. The van der Waals surface area contributed by atoms with Crippen molar-refractivity contribution in [3.05, 3.63) is 0 Å². The fourth-order valence-electron chi connectivity index (χ4n) is 3.39. The molecule has 1 saturated heterocycles. The van der Waals surface area contributed by atoms with Gasteiger partial charge in [-0.3, -0.25) is 0 Å². The molecule has 1 unspecified atom stereocenters. The molecule has 2 aliphatic rings. The summed E-state index contributed by atoms with van der Waals surface area (Å²) >= 11 is 0. The molecule has 1 heterocycles. The van der Waals surface area contributed by atoms with E-state index in [0.29, 0.717) is 6.04 Å². The average Bonchev–Trinajstić information content (AvgIpc) is 2.25. The molecular formula is C14H27NO. The van der Waals surface area contributed by atoms with Gasteiger partial charge in [0.25, 0.3) is 0 Å². The second-order valence-corrected chi connectivity index (χ2v) is 5.55. The lowest BCUT2D eigenvalue weighted by Crippen LogP contribution is -2.47. The standard InChI is InChI=1S/C14H27NO/c1-2-15-13-8-11-16-14(12-13)9-6-4-3-5-7-10-14/h13,15H,2-12H2,1H3. The van der Waals surface area contributed by atoms with E-state index in [1.165, 1.54) is 57.8 Å². The van der Waals surface area contributed by atoms with E-state index in [2.05, 4.69) is 12.2 Å². The second kappa shape index (κ2) is 6.02. The Morgan fingerprint density at radius 2 is 1.81 bits per heavy atom. The molecule has 1 saturated carbocycles. The lowest BCUT2D eigenvalue weighted by atomic mass is 9.80. The van der Waals surface area contributed by atoms with Crippen LogP contribution in [-0.4, -0.2) is 24.8 Å². The van der Waals surface area contributed by atoms with Crippen LogP contribution < -0.4 is 5.32 Å². The molecule has 1 N–H and O–H groups in total. The Hall–Kier alpha value is -0.0800. The largest absolute Gasteiger partial charge is 0.375 e. The first-order chi connectivity index (χ1) is 7.85. The third-order valence-corrected chi connectivity index (χ3v) is 4.25. The van der Waals surface area contributed by atoms with Gasteiger partial charge < -0.3 is 10.1 Å². The second-order valence-electron chi connectivity index (χ2n) is 5.55. The van der Waals surface area contributed by atoms with Crippen molar-refractivity contribution < 1.29 is 4.74 Å². The first-order valence-corrected chi connectivity index (χ1v) is 7.22. The summed E-state index contributed by atoms with van der Waals surface area (Å²) in [5.41, 5.74) is 0.242. The van der Waals surface area contributed by atoms with Crippen LogP contribution in [0.5, 0.6) is 0 Å². The molecular weight excluding hydrogens is 198 g/mol. The molecule has 1 spiro atoms. The highest BCUT2D eigenvalue weighted by molar-refractivity contribution is 4.90. The van der Waals surface area contributed by atoms with E-state index in [1.807, 2.05) is 0 Å². The molecule has 0 aromatic rings. The quantitative estimate of drug-likeness (QED) is 0.779. The highest BCUT2D eigenvalue weighted by atomic mass is 16.5. The first-order valence-electron chi connectivity index (χ1n) is 7.22. The van der Waals surface area contributed by atoms with Crippen LogP contribution >= 0.6 is 0 Å². The Labute approximate surface area is 100 Å². The number of ether oxygens (including phenoxy) is 1. The van der Waals surface area contributed by atoms with E-state index >= 15 is 0 Å². The van der Waals surface area contributed by atoms with Crippen molar-refractivity contribution in [1.29, 1.82) is 0 Å². The SMILES string of the molecule is CCNC1CCOC2(CCCCCCC2)C1. The minimum atomic E-state index is 0.242. The highest BCUT2D eigenvalue weighted by Gasteiger charge is 2.36. The van der Waals surface area contributed by atoms with Gasteiger partial charge in [-0.25, -0.2) is 0 Å². The molecule has 2 heteroatoms. The van der Waals surface area contributed by atoms with Gasteiger partial charge in [-0.2, -0.15) is 0 Å². The zero-order chi connectivity index (χ0) is 11.3. The van der Waals surface area contributed by atoms with Crippen LogP contribution in [0, 0.1) is 0 Å². The van der Waals surface area contributed by atoms with Gasteiger partial charge in [-0.05, 0) is 32.2 Å². The fraction of sp³-hybridized carbons (Fsp3) is 1.00. The van der Waals surface area contributed by atoms with E-state index in [0.717, 1.165) is 13.2 Å². The lowest BCUT2D eigenvalue weighted by molar-refractivity contribution is -0.102. The van der Waals surface area contributed by atoms with E-state index in [-0.39, 0.29) is 5.60 Å². The smallest absolute Gasteiger partial charge is 0.0697 e. The van der Waals surface area contributed by atoms with Crippen LogP contribution in [0.15, 0.2) is 0 Å². The van der Waals surface area contributed by atoms with E-state index in [9.17, 15) is 0 Å². The molecule has 1 aliphatic carbocycles. The monoisotopic (exact) mass is 225 g/mol. The van der Waals surface area contributed by atoms with Crippen LogP contribution in [0.25, 0.3) is 0 Å². The van der Waals surface area contributed by atoms with Gasteiger partial charge in [0, 0.05) is 12.6 Å². The molecule has 1 atom stereocenters. The van der Waals surface area contributed by atoms with Gasteiger partial charge in [0.2, 0.25) is 0 Å². The zero-order valence-corrected chi connectivity index (χ0v) is 10.8. The molecule has 1 aliphatic heterocycles. The van der Waals surface area contributed by atoms with Crippen LogP contribution in [-0.2, 0) is 4.74 Å². The summed E-state index contributed by atoms with van der Waals surface area (Å²) in [6, 6.07) is 0.707. The third-order valence-electron chi connectivity index (χ3n) is 4.25. The summed E-state index contributed by atoms with van der Waals surface area (Å²) < 4.78 is 6.18. The third kappa shape index (κ3) is 3.21. The Bertz CT molecular complexity index is 195. The number of hydrogen-bond donors (Lipinski definition) is 1. The summed E-state index contributed by atoms with van der Waals surface area (Å²) in [5, 5.41) is 3.61. The van der Waals surface area contributed by atoms with Crippen molar-refractivity contribution in [2.75, 3.05) is 13.2 Å². The summed E-state index contributed by atoms with van der Waals surface area (Å²) in [6.45, 7) is 4.28. The van der Waals surface area contributed by atoms with E-state index in [1.54, 1.807) is 0 Å². The van der Waals surface area contributed by atoms with Crippen molar-refractivity contribution in [3.8, 4) is 0 Å². The van der Waals surface area contributed by atoms with Crippen molar-refractivity contribution >= 4 is 0 Å². The molecule has 0 amide bonds. The van der Waals surface area contributed by atoms with Gasteiger partial charge in [0.15, 0.2) is 0 Å². The van der Waals surface area contributed by atoms with Crippen LogP contribution in [0.2, 0.25) is 0 Å². The number of hydrogen-bond acceptors (Lipinski definition) is 2. The predicted octanol–water partition coefficient (Wildman–Crippen LogP) is 3.26. The molecule has 0 radical (unpaired) electrons. The van der Waals surface area contributed by atoms with Crippen LogP contribution in [0.3, 0.4) is 0 Å². The first kappa shape index (κ1) is 12.4. The van der Waals surface area contributed by atoms with Gasteiger partial charge >= 0.3 is 0 Å². The van der Waals surface area contributed by atoms with Crippen LogP contribution in [0.4, 0.5) is 0 Å². The molecule has 0 aromatic heterocycles. The van der Waals surface area contributed by atoms with Gasteiger partial charge in [-0.15, -0.1) is 0 Å². The topological polar surface area (TPSA) is 21.3 Å². The summed E-state index contributed by atoms with van der Waals surface area (Å²) in [4.78, 5) is 0. The molecule has 0 bridgehead atoms. The zero-order valence-electron chi connectivity index (χ0n) is 10.8. The molecule has 2 rings (SSSR count). The fourth-order valence-corrected chi connectivity index (χ4v) is 3.39. The predicted molar refractivity (Wildman–Crippen MR) is 67.7 cm³/mol. The van der Waals surface area contributed by atoms with Gasteiger partial charge in [-0.1, -0.05) is 39.0 Å². The van der Waals surface area contributed by atoms with Gasteiger partial charge in [0.05, 0.1) is 5.60 Å². The van der Waals surface area contributed by atoms with Crippen molar-refractivity contribution in [3.63, 3.8) is 0 Å². The number of rotatable bonds is 2. The van der Waals surface area contributed by atoms with Gasteiger partial charge in [0.1, 0.15) is 0 Å². The Morgan fingerprint density at radius 3 is 2.50 bits per heavy atom. The molecule has 0 aromatic carbocycles. The maximum atomic E-state index is 6.18. The minimum Gasteiger partial charge on any atom is -0.375 e. The number of nitrogens with one attached hydrogen (secondary N) is 1. The summed E-state index contributed by atoms with van der Waals surface area (Å²) in [5.74, 6) is 0. The average molecular weight is 225 g/mol. The van der Waals surface area contributed by atoms with Crippen molar-refractivity contribution in [2.24, 2.45) is 0 Å². The van der Waals surface area contributed by atoms with Crippen molar-refractivity contribution in [2.45, 2.75) is 76.4 Å². The van der Waals surface area contributed by atoms with Crippen LogP contribution in [0.1, 0.15) is 64.7 Å². The Kier molecular flexibility index (Phi) is 4.66. The Balaban J connectivity index is 1.92. The molecule has 2 nitrogen and oxygen atoms in total. The molecule has 2 fully saturated rings. The maximum Gasteiger partial charge on any atom is 0.0697 e. The molecule has 16 heavy (non-hydrogen) atoms. The highest BCUT2D eigenvalue weighted by Crippen LogP contribution is 2.36.